The van der Waals surface area contributed by atoms with Gasteiger partial charge in [-0.05, 0) is 19.2 Å². The predicted molar refractivity (Wildman–Crippen MR) is 76.4 cm³/mol. The van der Waals surface area contributed by atoms with Crippen molar-refractivity contribution in [1.29, 1.82) is 0 Å². The molecule has 0 saturated carbocycles. The van der Waals surface area contributed by atoms with Crippen molar-refractivity contribution >= 4 is 11.6 Å². The summed E-state index contributed by atoms with van der Waals surface area (Å²) in [7, 11) is 3.82. The number of hydrogen-bond donors (Lipinski definition) is 0. The molecule has 4 nitrogen and oxygen atoms in total. The lowest BCUT2D eigenvalue weighted by Gasteiger charge is -2.16. The predicted octanol–water partition coefficient (Wildman–Crippen LogP) is 2.72. The Morgan fingerprint density at radius 3 is 2.80 bits per heavy atom. The fourth-order valence-corrected chi connectivity index (χ4v) is 1.91. The van der Waals surface area contributed by atoms with E-state index in [1.54, 1.807) is 24.4 Å². The van der Waals surface area contributed by atoms with Gasteiger partial charge in [-0.1, -0.05) is 23.7 Å². The van der Waals surface area contributed by atoms with Crippen LogP contribution in [0.1, 0.15) is 5.82 Å². The highest BCUT2D eigenvalue weighted by Gasteiger charge is 2.08. The van der Waals surface area contributed by atoms with Gasteiger partial charge in [-0.2, -0.15) is 0 Å². The van der Waals surface area contributed by atoms with Gasteiger partial charge in [0.2, 0.25) is 0 Å². The van der Waals surface area contributed by atoms with E-state index in [0.717, 1.165) is 5.82 Å². The van der Waals surface area contributed by atoms with Crippen LogP contribution in [0.4, 0.5) is 4.39 Å². The van der Waals surface area contributed by atoms with Crippen LogP contribution in [0, 0.1) is 5.82 Å². The van der Waals surface area contributed by atoms with Gasteiger partial charge in [-0.25, -0.2) is 9.37 Å². The van der Waals surface area contributed by atoms with E-state index in [1.807, 2.05) is 23.6 Å². The molecule has 0 N–H and O–H groups in total. The molecular formula is C14H17ClFN3O. The molecule has 0 aliphatic carbocycles. The minimum atomic E-state index is -0.342. The van der Waals surface area contributed by atoms with Gasteiger partial charge < -0.3 is 9.30 Å². The van der Waals surface area contributed by atoms with Crippen molar-refractivity contribution < 1.29 is 9.13 Å². The average molecular weight is 298 g/mol. The molecule has 0 aliphatic rings. The van der Waals surface area contributed by atoms with Crippen LogP contribution in [0.5, 0.6) is 5.75 Å². The first-order valence-electron chi connectivity index (χ1n) is 6.30. The van der Waals surface area contributed by atoms with Crippen molar-refractivity contribution in [2.45, 2.75) is 6.54 Å². The monoisotopic (exact) mass is 297 g/mol. The Hall–Kier alpha value is -1.59. The third kappa shape index (κ3) is 3.71. The van der Waals surface area contributed by atoms with E-state index in [-0.39, 0.29) is 11.6 Å². The number of nitrogens with zero attached hydrogens (tertiary/aromatic N) is 3. The maximum Gasteiger partial charge on any atom is 0.165 e. The molecule has 0 unspecified atom stereocenters. The standard InChI is InChI=1S/C14H17ClFN3O/c1-18(10-14-17-9-13(15)19(14)2)7-8-20-12-6-4-3-5-11(12)16/h3-6,9H,7-8,10H2,1-2H3. The summed E-state index contributed by atoms with van der Waals surface area (Å²) in [5.41, 5.74) is 0. The number of halogens is 2. The smallest absolute Gasteiger partial charge is 0.165 e. The molecule has 0 atom stereocenters. The van der Waals surface area contributed by atoms with Crippen LogP contribution in [-0.2, 0) is 13.6 Å². The Morgan fingerprint density at radius 1 is 1.40 bits per heavy atom. The Morgan fingerprint density at radius 2 is 2.15 bits per heavy atom. The molecule has 0 aliphatic heterocycles. The van der Waals surface area contributed by atoms with Crippen LogP contribution in [0.3, 0.4) is 0 Å². The third-order valence-corrected chi connectivity index (χ3v) is 3.36. The fraction of sp³-hybridized carbons (Fsp3) is 0.357. The van der Waals surface area contributed by atoms with Crippen molar-refractivity contribution in [3.63, 3.8) is 0 Å². The lowest BCUT2D eigenvalue weighted by Crippen LogP contribution is -2.25. The van der Waals surface area contributed by atoms with E-state index in [1.165, 1.54) is 6.07 Å². The highest BCUT2D eigenvalue weighted by molar-refractivity contribution is 6.29. The second kappa shape index (κ2) is 6.72. The van der Waals surface area contributed by atoms with Gasteiger partial charge in [-0.15, -0.1) is 0 Å². The van der Waals surface area contributed by atoms with Gasteiger partial charge in [0.05, 0.1) is 12.7 Å². The number of aromatic nitrogens is 2. The molecule has 1 aromatic carbocycles. The molecule has 0 amide bonds. The van der Waals surface area contributed by atoms with Gasteiger partial charge in [-0.3, -0.25) is 4.90 Å². The summed E-state index contributed by atoms with van der Waals surface area (Å²) in [5, 5.41) is 0.607. The van der Waals surface area contributed by atoms with E-state index < -0.39 is 0 Å². The molecule has 20 heavy (non-hydrogen) atoms. The van der Waals surface area contributed by atoms with Crippen LogP contribution < -0.4 is 4.74 Å². The van der Waals surface area contributed by atoms with Gasteiger partial charge in [0, 0.05) is 13.6 Å². The summed E-state index contributed by atoms with van der Waals surface area (Å²) in [6.45, 7) is 1.73. The molecule has 108 valence electrons. The lowest BCUT2D eigenvalue weighted by molar-refractivity contribution is 0.222. The highest BCUT2D eigenvalue weighted by atomic mass is 35.5. The summed E-state index contributed by atoms with van der Waals surface area (Å²) in [6, 6.07) is 6.39. The minimum Gasteiger partial charge on any atom is -0.489 e. The Kier molecular flexibility index (Phi) is 4.98. The van der Waals surface area contributed by atoms with Crippen molar-refractivity contribution in [1.82, 2.24) is 14.5 Å². The normalized spacial score (nSPS) is 11.1. The summed E-state index contributed by atoms with van der Waals surface area (Å²) >= 11 is 5.93. The molecule has 1 heterocycles. The van der Waals surface area contributed by atoms with Gasteiger partial charge in [0.15, 0.2) is 11.6 Å². The number of benzene rings is 1. The first-order valence-corrected chi connectivity index (χ1v) is 6.67. The number of likely N-dealkylation sites (N-methyl/N-ethyl adjacent to an activating group) is 1. The highest BCUT2D eigenvalue weighted by Crippen LogP contribution is 2.15. The number of hydrogen-bond acceptors (Lipinski definition) is 3. The molecule has 0 bridgehead atoms. The second-order valence-electron chi connectivity index (χ2n) is 4.57. The number of ether oxygens (including phenoxy) is 1. The van der Waals surface area contributed by atoms with Crippen molar-refractivity contribution in [2.75, 3.05) is 20.2 Å². The Balaban J connectivity index is 1.80. The second-order valence-corrected chi connectivity index (χ2v) is 4.96. The maximum absolute atomic E-state index is 13.3. The summed E-state index contributed by atoms with van der Waals surface area (Å²) < 4.78 is 20.6. The molecule has 0 spiro atoms. The minimum absolute atomic E-state index is 0.279. The van der Waals surface area contributed by atoms with Crippen LogP contribution in [0.15, 0.2) is 30.5 Å². The maximum atomic E-state index is 13.3. The van der Waals surface area contributed by atoms with E-state index >= 15 is 0 Å². The topological polar surface area (TPSA) is 30.3 Å². The zero-order valence-corrected chi connectivity index (χ0v) is 12.3. The van der Waals surface area contributed by atoms with Gasteiger partial charge in [0.25, 0.3) is 0 Å². The molecule has 1 aromatic heterocycles. The zero-order valence-electron chi connectivity index (χ0n) is 11.5. The van der Waals surface area contributed by atoms with Crippen LogP contribution >= 0.6 is 11.6 Å². The number of para-hydroxylation sites is 1. The van der Waals surface area contributed by atoms with E-state index in [0.29, 0.717) is 24.8 Å². The van der Waals surface area contributed by atoms with E-state index in [4.69, 9.17) is 16.3 Å². The fourth-order valence-electron chi connectivity index (χ4n) is 1.76. The quantitative estimate of drug-likeness (QED) is 0.821. The lowest BCUT2D eigenvalue weighted by atomic mass is 10.3. The molecule has 6 heteroatoms. The van der Waals surface area contributed by atoms with E-state index in [9.17, 15) is 4.39 Å². The van der Waals surface area contributed by atoms with Crippen molar-refractivity contribution in [2.24, 2.45) is 7.05 Å². The van der Waals surface area contributed by atoms with Gasteiger partial charge >= 0.3 is 0 Å². The van der Waals surface area contributed by atoms with Crippen molar-refractivity contribution in [3.05, 3.63) is 47.3 Å². The molecule has 2 aromatic rings. The van der Waals surface area contributed by atoms with Crippen LogP contribution in [0.2, 0.25) is 5.15 Å². The Bertz CT molecular complexity index is 573. The van der Waals surface area contributed by atoms with Gasteiger partial charge in [0.1, 0.15) is 17.6 Å². The summed E-state index contributed by atoms with van der Waals surface area (Å²) in [5.74, 6) is 0.815. The number of imidazole rings is 1. The molecule has 0 fully saturated rings. The largest absolute Gasteiger partial charge is 0.489 e. The third-order valence-electron chi connectivity index (χ3n) is 3.01. The first-order chi connectivity index (χ1) is 9.58. The average Bonchev–Trinajstić information content (AvgIpc) is 2.73. The van der Waals surface area contributed by atoms with Crippen LogP contribution in [0.25, 0.3) is 0 Å². The van der Waals surface area contributed by atoms with Crippen LogP contribution in [-0.4, -0.2) is 34.7 Å². The summed E-state index contributed by atoms with van der Waals surface area (Å²) in [6.07, 6.45) is 1.63. The molecular weight excluding hydrogens is 281 g/mol. The Labute approximate surface area is 122 Å². The first kappa shape index (κ1) is 14.8. The summed E-state index contributed by atoms with van der Waals surface area (Å²) in [4.78, 5) is 6.27. The number of rotatable bonds is 6. The van der Waals surface area contributed by atoms with Crippen molar-refractivity contribution in [3.8, 4) is 5.75 Å². The molecule has 0 radical (unpaired) electrons. The molecule has 2 rings (SSSR count). The zero-order chi connectivity index (χ0) is 14.5. The molecule has 0 saturated heterocycles. The van der Waals surface area contributed by atoms with E-state index in [2.05, 4.69) is 4.98 Å². The SMILES string of the molecule is CN(CCOc1ccccc1F)Cc1ncc(Cl)n1C.